The minimum atomic E-state index is -1.05. The molecule has 0 amide bonds. The molecule has 0 fully saturated rings. The van der Waals surface area contributed by atoms with Gasteiger partial charge in [-0.1, -0.05) is 36.9 Å². The summed E-state index contributed by atoms with van der Waals surface area (Å²) in [6.45, 7) is 5.44. The van der Waals surface area contributed by atoms with Crippen LogP contribution in [-0.4, -0.2) is 6.61 Å². The Morgan fingerprint density at radius 2 is 1.64 bits per heavy atom. The molecule has 0 aliphatic rings. The lowest BCUT2D eigenvalue weighted by Crippen LogP contribution is -2.00. The fourth-order valence-corrected chi connectivity index (χ4v) is 2.68. The second kappa shape index (κ2) is 8.65. The smallest absolute Gasteiger partial charge is 0.201 e. The molecule has 0 aliphatic heterocycles. The Morgan fingerprint density at radius 1 is 0.893 bits per heavy atom. The van der Waals surface area contributed by atoms with Crippen molar-refractivity contribution >= 4 is 0 Å². The molecule has 5 heteroatoms. The SMILES string of the molecule is C=CCOc1ccc(-c2ccc(OCc3ccc(C)cc3F)cc2)c(F)c1F. The molecule has 3 rings (SSSR count). The summed E-state index contributed by atoms with van der Waals surface area (Å²) in [5.41, 5.74) is 1.87. The van der Waals surface area contributed by atoms with Crippen molar-refractivity contribution in [1.82, 2.24) is 0 Å². The molecular weight excluding hydrogens is 365 g/mol. The van der Waals surface area contributed by atoms with E-state index in [0.29, 0.717) is 16.9 Å². The molecule has 3 aromatic rings. The Kier molecular flexibility index (Phi) is 6.04. The van der Waals surface area contributed by atoms with Gasteiger partial charge >= 0.3 is 0 Å². The third kappa shape index (κ3) is 4.36. The van der Waals surface area contributed by atoms with Crippen molar-refractivity contribution in [2.45, 2.75) is 13.5 Å². The first-order valence-corrected chi connectivity index (χ1v) is 8.69. The summed E-state index contributed by atoms with van der Waals surface area (Å²) in [5, 5.41) is 0. The van der Waals surface area contributed by atoms with Crippen LogP contribution in [-0.2, 0) is 6.61 Å². The van der Waals surface area contributed by atoms with Crippen molar-refractivity contribution in [2.75, 3.05) is 6.61 Å². The lowest BCUT2D eigenvalue weighted by Gasteiger charge is -2.11. The molecule has 0 atom stereocenters. The van der Waals surface area contributed by atoms with Crippen LogP contribution in [0.15, 0.2) is 67.3 Å². The Labute approximate surface area is 161 Å². The van der Waals surface area contributed by atoms with Gasteiger partial charge in [-0.2, -0.15) is 4.39 Å². The second-order valence-corrected chi connectivity index (χ2v) is 6.25. The lowest BCUT2D eigenvalue weighted by molar-refractivity contribution is 0.300. The fraction of sp³-hybridized carbons (Fsp3) is 0.130. The van der Waals surface area contributed by atoms with E-state index in [1.54, 1.807) is 30.3 Å². The maximum absolute atomic E-state index is 14.4. The molecule has 0 unspecified atom stereocenters. The van der Waals surface area contributed by atoms with E-state index in [1.807, 2.05) is 13.0 Å². The van der Waals surface area contributed by atoms with Gasteiger partial charge in [-0.3, -0.25) is 0 Å². The zero-order valence-corrected chi connectivity index (χ0v) is 15.3. The predicted octanol–water partition coefficient (Wildman–Crippen LogP) is 6.22. The quantitative estimate of drug-likeness (QED) is 0.450. The maximum Gasteiger partial charge on any atom is 0.201 e. The van der Waals surface area contributed by atoms with Crippen LogP contribution in [0.1, 0.15) is 11.1 Å². The number of ether oxygens (including phenoxy) is 2. The van der Waals surface area contributed by atoms with E-state index in [9.17, 15) is 13.2 Å². The van der Waals surface area contributed by atoms with Crippen LogP contribution in [0.2, 0.25) is 0 Å². The summed E-state index contributed by atoms with van der Waals surface area (Å²) >= 11 is 0. The number of hydrogen-bond donors (Lipinski definition) is 0. The molecule has 0 bridgehead atoms. The lowest BCUT2D eigenvalue weighted by atomic mass is 10.0. The summed E-state index contributed by atoms with van der Waals surface area (Å²) < 4.78 is 53.0. The summed E-state index contributed by atoms with van der Waals surface area (Å²) in [5.74, 6) is -2.03. The van der Waals surface area contributed by atoms with Crippen LogP contribution in [0.4, 0.5) is 13.2 Å². The van der Waals surface area contributed by atoms with Gasteiger partial charge in [0.15, 0.2) is 11.6 Å². The van der Waals surface area contributed by atoms with Crippen LogP contribution in [0, 0.1) is 24.4 Å². The third-order valence-electron chi connectivity index (χ3n) is 4.17. The van der Waals surface area contributed by atoms with Crippen LogP contribution in [0.25, 0.3) is 11.1 Å². The minimum Gasteiger partial charge on any atom is -0.489 e. The molecular formula is C23H19F3O2. The zero-order chi connectivity index (χ0) is 20.1. The van der Waals surface area contributed by atoms with Crippen molar-refractivity contribution in [1.29, 1.82) is 0 Å². The topological polar surface area (TPSA) is 18.5 Å². The van der Waals surface area contributed by atoms with Crippen molar-refractivity contribution in [2.24, 2.45) is 0 Å². The van der Waals surface area contributed by atoms with Gasteiger partial charge in [0.1, 0.15) is 24.8 Å². The first-order valence-electron chi connectivity index (χ1n) is 8.69. The van der Waals surface area contributed by atoms with Crippen molar-refractivity contribution in [3.63, 3.8) is 0 Å². The first kappa shape index (κ1) is 19.5. The number of aryl methyl sites for hydroxylation is 1. The van der Waals surface area contributed by atoms with E-state index in [4.69, 9.17) is 9.47 Å². The van der Waals surface area contributed by atoms with Crippen LogP contribution in [0.3, 0.4) is 0 Å². The van der Waals surface area contributed by atoms with Crippen LogP contribution < -0.4 is 9.47 Å². The average Bonchev–Trinajstić information content (AvgIpc) is 2.69. The van der Waals surface area contributed by atoms with Gasteiger partial charge in [-0.25, -0.2) is 8.78 Å². The Hall–Kier alpha value is -3.21. The molecule has 0 saturated carbocycles. The van der Waals surface area contributed by atoms with E-state index < -0.39 is 11.6 Å². The highest BCUT2D eigenvalue weighted by Gasteiger charge is 2.15. The summed E-state index contributed by atoms with van der Waals surface area (Å²) in [6, 6.07) is 14.2. The highest BCUT2D eigenvalue weighted by atomic mass is 19.2. The Bertz CT molecular complexity index is 982. The van der Waals surface area contributed by atoms with Crippen LogP contribution >= 0.6 is 0 Å². The molecule has 0 aliphatic carbocycles. The van der Waals surface area contributed by atoms with Gasteiger partial charge in [0.2, 0.25) is 5.82 Å². The van der Waals surface area contributed by atoms with E-state index in [-0.39, 0.29) is 30.3 Å². The summed E-state index contributed by atoms with van der Waals surface area (Å²) in [4.78, 5) is 0. The van der Waals surface area contributed by atoms with Gasteiger partial charge in [0.05, 0.1) is 0 Å². The Balaban J connectivity index is 1.73. The van der Waals surface area contributed by atoms with Gasteiger partial charge < -0.3 is 9.47 Å². The summed E-state index contributed by atoms with van der Waals surface area (Å²) in [6.07, 6.45) is 1.45. The largest absolute Gasteiger partial charge is 0.489 e. The third-order valence-corrected chi connectivity index (χ3v) is 4.17. The Morgan fingerprint density at radius 3 is 2.32 bits per heavy atom. The standard InChI is InChI=1S/C23H19F3O2/c1-3-12-27-21-11-10-19(22(25)23(21)26)16-6-8-18(9-7-16)28-14-17-5-4-15(2)13-20(17)24/h3-11,13H,1,12,14H2,2H3. The molecule has 3 aromatic carbocycles. The second-order valence-electron chi connectivity index (χ2n) is 6.25. The summed E-state index contributed by atoms with van der Waals surface area (Å²) in [7, 11) is 0. The first-order chi connectivity index (χ1) is 13.5. The van der Waals surface area contributed by atoms with Gasteiger partial charge in [0, 0.05) is 11.1 Å². The van der Waals surface area contributed by atoms with E-state index in [0.717, 1.165) is 5.56 Å². The molecule has 0 radical (unpaired) electrons. The monoisotopic (exact) mass is 384 g/mol. The number of rotatable bonds is 7. The fourth-order valence-electron chi connectivity index (χ4n) is 2.68. The zero-order valence-electron chi connectivity index (χ0n) is 15.3. The highest BCUT2D eigenvalue weighted by molar-refractivity contribution is 5.66. The molecule has 144 valence electrons. The van der Waals surface area contributed by atoms with Crippen molar-refractivity contribution in [3.05, 3.63) is 95.8 Å². The molecule has 0 aromatic heterocycles. The number of halogens is 3. The van der Waals surface area contributed by atoms with Crippen molar-refractivity contribution in [3.8, 4) is 22.6 Å². The molecule has 0 spiro atoms. The predicted molar refractivity (Wildman–Crippen MR) is 103 cm³/mol. The van der Waals surface area contributed by atoms with Crippen molar-refractivity contribution < 1.29 is 22.6 Å². The molecule has 28 heavy (non-hydrogen) atoms. The minimum absolute atomic E-state index is 0.0732. The highest BCUT2D eigenvalue weighted by Crippen LogP contribution is 2.31. The van der Waals surface area contributed by atoms with Crippen LogP contribution in [0.5, 0.6) is 11.5 Å². The normalized spacial score (nSPS) is 10.6. The molecule has 0 saturated heterocycles. The van der Waals surface area contributed by atoms with Gasteiger partial charge in [0.25, 0.3) is 0 Å². The van der Waals surface area contributed by atoms with E-state index in [1.165, 1.54) is 24.3 Å². The molecule has 0 N–H and O–H groups in total. The number of hydrogen-bond acceptors (Lipinski definition) is 2. The van der Waals surface area contributed by atoms with E-state index >= 15 is 0 Å². The molecule has 0 heterocycles. The van der Waals surface area contributed by atoms with Gasteiger partial charge in [-0.05, 0) is 48.4 Å². The maximum atomic E-state index is 14.4. The average molecular weight is 384 g/mol. The van der Waals surface area contributed by atoms with Gasteiger partial charge in [-0.15, -0.1) is 0 Å². The molecule has 2 nitrogen and oxygen atoms in total. The number of benzene rings is 3. The van der Waals surface area contributed by atoms with E-state index in [2.05, 4.69) is 6.58 Å².